The Morgan fingerprint density at radius 3 is 2.89 bits per heavy atom. The van der Waals surface area contributed by atoms with E-state index in [4.69, 9.17) is 4.52 Å². The molecule has 0 aliphatic carbocycles. The fourth-order valence-electron chi connectivity index (χ4n) is 1.69. The van der Waals surface area contributed by atoms with Gasteiger partial charge in [0.15, 0.2) is 0 Å². The third-order valence-corrected chi connectivity index (χ3v) is 3.13. The highest BCUT2D eigenvalue weighted by Gasteiger charge is 2.17. The summed E-state index contributed by atoms with van der Waals surface area (Å²) in [5, 5.41) is 3.62. The number of hydrogen-bond donors (Lipinski definition) is 0. The van der Waals surface area contributed by atoms with Crippen molar-refractivity contribution in [1.29, 1.82) is 0 Å². The number of hydrogen-bond acceptors (Lipinski definition) is 3. The van der Waals surface area contributed by atoms with Gasteiger partial charge in [-0.05, 0) is 24.6 Å². The molecule has 1 amide bonds. The van der Waals surface area contributed by atoms with Crippen LogP contribution in [0.2, 0.25) is 0 Å². The maximum Gasteiger partial charge on any atom is 0.259 e. The number of benzene rings is 1. The molecule has 18 heavy (non-hydrogen) atoms. The largest absolute Gasteiger partial charge is 0.361 e. The van der Waals surface area contributed by atoms with Crippen molar-refractivity contribution < 1.29 is 9.32 Å². The summed E-state index contributed by atoms with van der Waals surface area (Å²) in [5.41, 5.74) is 1.57. The van der Waals surface area contributed by atoms with E-state index in [1.807, 2.05) is 24.3 Å². The molecule has 2 rings (SSSR count). The van der Waals surface area contributed by atoms with Gasteiger partial charge in [-0.25, -0.2) is 0 Å². The van der Waals surface area contributed by atoms with Crippen LogP contribution in [0, 0.1) is 6.92 Å². The summed E-state index contributed by atoms with van der Waals surface area (Å²) in [6.45, 7) is 2.27. The van der Waals surface area contributed by atoms with E-state index in [-0.39, 0.29) is 5.91 Å². The molecule has 0 fully saturated rings. The molecule has 0 saturated heterocycles. The van der Waals surface area contributed by atoms with E-state index in [1.165, 1.54) is 6.20 Å². The summed E-state index contributed by atoms with van der Waals surface area (Å²) in [6, 6.07) is 7.87. The molecule has 1 heterocycles. The molecule has 0 unspecified atom stereocenters. The normalized spacial score (nSPS) is 10.4. The minimum absolute atomic E-state index is 0.0891. The number of aryl methyl sites for hydroxylation is 1. The van der Waals surface area contributed by atoms with Crippen LogP contribution < -0.4 is 0 Å². The molecular weight excluding hydrogens is 296 g/mol. The molecule has 5 heteroatoms. The van der Waals surface area contributed by atoms with Gasteiger partial charge in [-0.3, -0.25) is 4.79 Å². The second-order valence-corrected chi connectivity index (χ2v) is 5.00. The van der Waals surface area contributed by atoms with E-state index in [1.54, 1.807) is 18.9 Å². The van der Waals surface area contributed by atoms with Gasteiger partial charge in [-0.2, -0.15) is 0 Å². The first-order chi connectivity index (χ1) is 8.58. The van der Waals surface area contributed by atoms with Gasteiger partial charge < -0.3 is 9.42 Å². The predicted octanol–water partition coefficient (Wildman–Crippen LogP) is 3.02. The third kappa shape index (κ3) is 2.79. The maximum atomic E-state index is 12.1. The monoisotopic (exact) mass is 308 g/mol. The van der Waals surface area contributed by atoms with Crippen molar-refractivity contribution in [2.75, 3.05) is 7.05 Å². The Bertz CT molecular complexity index is 566. The molecule has 94 valence electrons. The Kier molecular flexibility index (Phi) is 3.81. The zero-order chi connectivity index (χ0) is 13.1. The van der Waals surface area contributed by atoms with Gasteiger partial charge in [0.05, 0.1) is 6.20 Å². The smallest absolute Gasteiger partial charge is 0.259 e. The highest BCUT2D eigenvalue weighted by molar-refractivity contribution is 9.10. The molecule has 0 radical (unpaired) electrons. The number of rotatable bonds is 3. The predicted molar refractivity (Wildman–Crippen MR) is 71.2 cm³/mol. The first-order valence-corrected chi connectivity index (χ1v) is 6.28. The van der Waals surface area contributed by atoms with E-state index >= 15 is 0 Å². The zero-order valence-corrected chi connectivity index (χ0v) is 11.8. The molecule has 0 bridgehead atoms. The second kappa shape index (κ2) is 5.35. The lowest BCUT2D eigenvalue weighted by Crippen LogP contribution is -2.26. The molecule has 0 atom stereocenters. The van der Waals surface area contributed by atoms with Gasteiger partial charge in [0.25, 0.3) is 5.91 Å². The van der Waals surface area contributed by atoms with Crippen molar-refractivity contribution in [3.8, 4) is 0 Å². The van der Waals surface area contributed by atoms with E-state index in [2.05, 4.69) is 21.1 Å². The molecule has 0 saturated carbocycles. The van der Waals surface area contributed by atoms with Gasteiger partial charge >= 0.3 is 0 Å². The Morgan fingerprint density at radius 1 is 1.50 bits per heavy atom. The number of carbonyl (C=O) groups is 1. The van der Waals surface area contributed by atoms with Crippen LogP contribution in [-0.4, -0.2) is 23.0 Å². The third-order valence-electron chi connectivity index (χ3n) is 2.64. The molecule has 4 nitrogen and oxygen atoms in total. The standard InChI is InChI=1S/C13H13BrN2O2/c1-9-12(7-15-18-9)13(17)16(2)8-10-4-3-5-11(14)6-10/h3-7H,8H2,1-2H3. The molecule has 2 aromatic rings. The lowest BCUT2D eigenvalue weighted by Gasteiger charge is -2.16. The quantitative estimate of drug-likeness (QED) is 0.875. The van der Waals surface area contributed by atoms with Gasteiger partial charge in [0.1, 0.15) is 11.3 Å². The fraction of sp³-hybridized carbons (Fsp3) is 0.231. The molecule has 0 spiro atoms. The summed E-state index contributed by atoms with van der Waals surface area (Å²) in [6.07, 6.45) is 1.45. The average molecular weight is 309 g/mol. The van der Waals surface area contributed by atoms with Crippen molar-refractivity contribution in [3.05, 3.63) is 51.8 Å². The number of nitrogens with zero attached hydrogens (tertiary/aromatic N) is 2. The van der Waals surface area contributed by atoms with Crippen molar-refractivity contribution in [1.82, 2.24) is 10.1 Å². The van der Waals surface area contributed by atoms with Gasteiger partial charge in [-0.15, -0.1) is 0 Å². The lowest BCUT2D eigenvalue weighted by atomic mass is 10.2. The summed E-state index contributed by atoms with van der Waals surface area (Å²) >= 11 is 3.41. The number of carbonyl (C=O) groups excluding carboxylic acids is 1. The zero-order valence-electron chi connectivity index (χ0n) is 10.2. The molecular formula is C13H13BrN2O2. The van der Waals surface area contributed by atoms with E-state index in [0.29, 0.717) is 17.9 Å². The lowest BCUT2D eigenvalue weighted by molar-refractivity contribution is 0.0783. The van der Waals surface area contributed by atoms with Crippen LogP contribution in [0.4, 0.5) is 0 Å². The molecule has 0 aliphatic rings. The van der Waals surface area contributed by atoms with Crippen molar-refractivity contribution in [2.24, 2.45) is 0 Å². The molecule has 1 aromatic heterocycles. The van der Waals surface area contributed by atoms with Crippen LogP contribution in [0.15, 0.2) is 39.5 Å². The van der Waals surface area contributed by atoms with Gasteiger partial charge in [0, 0.05) is 18.1 Å². The number of halogens is 1. The van der Waals surface area contributed by atoms with Crippen molar-refractivity contribution >= 4 is 21.8 Å². The molecule has 0 N–H and O–H groups in total. The Labute approximate surface area is 114 Å². The minimum atomic E-state index is -0.0891. The summed E-state index contributed by atoms with van der Waals surface area (Å²) < 4.78 is 5.90. The van der Waals surface area contributed by atoms with E-state index in [0.717, 1.165) is 10.0 Å². The topological polar surface area (TPSA) is 46.3 Å². The van der Waals surface area contributed by atoms with Crippen LogP contribution in [0.5, 0.6) is 0 Å². The van der Waals surface area contributed by atoms with Gasteiger partial charge in [-0.1, -0.05) is 33.2 Å². The summed E-state index contributed by atoms with van der Waals surface area (Å²) in [4.78, 5) is 13.8. The molecule has 0 aliphatic heterocycles. The SMILES string of the molecule is Cc1oncc1C(=O)N(C)Cc1cccc(Br)c1. The van der Waals surface area contributed by atoms with Crippen LogP contribution in [0.25, 0.3) is 0 Å². The second-order valence-electron chi connectivity index (χ2n) is 4.09. The first-order valence-electron chi connectivity index (χ1n) is 5.49. The highest BCUT2D eigenvalue weighted by atomic mass is 79.9. The van der Waals surface area contributed by atoms with Gasteiger partial charge in [0.2, 0.25) is 0 Å². The Morgan fingerprint density at radius 2 is 2.28 bits per heavy atom. The van der Waals surface area contributed by atoms with Crippen LogP contribution in [-0.2, 0) is 6.54 Å². The van der Waals surface area contributed by atoms with Crippen molar-refractivity contribution in [2.45, 2.75) is 13.5 Å². The average Bonchev–Trinajstić information content (AvgIpc) is 2.74. The van der Waals surface area contributed by atoms with Crippen molar-refractivity contribution in [3.63, 3.8) is 0 Å². The summed E-state index contributed by atoms with van der Waals surface area (Å²) in [7, 11) is 1.76. The minimum Gasteiger partial charge on any atom is -0.361 e. The first kappa shape index (κ1) is 12.8. The highest BCUT2D eigenvalue weighted by Crippen LogP contribution is 2.15. The Hall–Kier alpha value is -1.62. The molecule has 1 aromatic carbocycles. The fourth-order valence-corrected chi connectivity index (χ4v) is 2.14. The van der Waals surface area contributed by atoms with E-state index in [9.17, 15) is 4.79 Å². The number of aromatic nitrogens is 1. The number of amides is 1. The van der Waals surface area contributed by atoms with Crippen LogP contribution in [0.3, 0.4) is 0 Å². The maximum absolute atomic E-state index is 12.1. The van der Waals surface area contributed by atoms with Crippen LogP contribution in [0.1, 0.15) is 21.7 Å². The van der Waals surface area contributed by atoms with E-state index < -0.39 is 0 Å². The van der Waals surface area contributed by atoms with Crippen LogP contribution >= 0.6 is 15.9 Å². The summed E-state index contributed by atoms with van der Waals surface area (Å²) in [5.74, 6) is 0.454. The Balaban J connectivity index is 2.11.